The fourth-order valence-electron chi connectivity index (χ4n) is 3.24. The maximum absolute atomic E-state index is 11.3. The number of aliphatic carboxylic acids is 1. The average molecular weight is 225 g/mol. The molecular formula is C13H23NO2. The molecule has 1 saturated carbocycles. The molecule has 1 N–H and O–H groups in total. The molecule has 0 bridgehead atoms. The second-order valence-electron chi connectivity index (χ2n) is 5.85. The fraction of sp³-hybridized carbons (Fsp3) is 0.923. The number of nitrogens with zero attached hydrogens (tertiary/aromatic N) is 1. The first-order valence-corrected chi connectivity index (χ1v) is 6.51. The summed E-state index contributed by atoms with van der Waals surface area (Å²) < 4.78 is 0. The lowest BCUT2D eigenvalue weighted by Crippen LogP contribution is -2.67. The maximum atomic E-state index is 11.3. The molecule has 92 valence electrons. The Hall–Kier alpha value is -0.570. The van der Waals surface area contributed by atoms with Crippen LogP contribution < -0.4 is 0 Å². The van der Waals surface area contributed by atoms with Crippen LogP contribution in [0.25, 0.3) is 0 Å². The summed E-state index contributed by atoms with van der Waals surface area (Å²) in [6.07, 6.45) is 7.35. The Kier molecular flexibility index (Phi) is 2.99. The van der Waals surface area contributed by atoms with Crippen molar-refractivity contribution in [2.24, 2.45) is 5.41 Å². The topological polar surface area (TPSA) is 40.5 Å². The monoisotopic (exact) mass is 225 g/mol. The van der Waals surface area contributed by atoms with Crippen LogP contribution in [-0.4, -0.2) is 34.6 Å². The molecule has 2 fully saturated rings. The number of rotatable bonds is 3. The Labute approximate surface area is 97.8 Å². The van der Waals surface area contributed by atoms with E-state index < -0.39 is 11.5 Å². The van der Waals surface area contributed by atoms with Crippen molar-refractivity contribution < 1.29 is 9.90 Å². The van der Waals surface area contributed by atoms with E-state index in [1.165, 1.54) is 32.1 Å². The van der Waals surface area contributed by atoms with Gasteiger partial charge < -0.3 is 5.11 Å². The summed E-state index contributed by atoms with van der Waals surface area (Å²) in [5.74, 6) is -0.666. The van der Waals surface area contributed by atoms with E-state index in [1.807, 2.05) is 13.8 Å². The molecule has 1 aliphatic heterocycles. The van der Waals surface area contributed by atoms with E-state index in [0.29, 0.717) is 11.8 Å². The lowest BCUT2D eigenvalue weighted by Gasteiger charge is -2.57. The summed E-state index contributed by atoms with van der Waals surface area (Å²) in [4.78, 5) is 13.5. The molecule has 2 aliphatic rings. The molecule has 16 heavy (non-hydrogen) atoms. The number of carboxylic acids is 1. The van der Waals surface area contributed by atoms with E-state index in [2.05, 4.69) is 4.90 Å². The predicted molar refractivity (Wildman–Crippen MR) is 63.4 cm³/mol. The zero-order valence-electron chi connectivity index (χ0n) is 10.5. The van der Waals surface area contributed by atoms with Gasteiger partial charge in [-0.15, -0.1) is 0 Å². The molecule has 0 amide bonds. The van der Waals surface area contributed by atoms with Gasteiger partial charge in [0.2, 0.25) is 0 Å². The molecule has 3 heteroatoms. The molecule has 1 aliphatic carbocycles. The van der Waals surface area contributed by atoms with Gasteiger partial charge in [-0.3, -0.25) is 9.69 Å². The van der Waals surface area contributed by atoms with Crippen LogP contribution >= 0.6 is 0 Å². The Morgan fingerprint density at radius 3 is 2.31 bits per heavy atom. The molecule has 0 aromatic rings. The Bertz CT molecular complexity index is 276. The van der Waals surface area contributed by atoms with Gasteiger partial charge in [0.15, 0.2) is 0 Å². The molecule has 1 heterocycles. The molecule has 1 atom stereocenters. The predicted octanol–water partition coefficient (Wildman–Crippen LogP) is 2.51. The highest BCUT2D eigenvalue weighted by molar-refractivity contribution is 5.78. The van der Waals surface area contributed by atoms with Crippen LogP contribution in [0, 0.1) is 5.41 Å². The Balaban J connectivity index is 1.98. The van der Waals surface area contributed by atoms with Crippen LogP contribution in [0.5, 0.6) is 0 Å². The highest BCUT2D eigenvalue weighted by Gasteiger charge is 2.51. The summed E-state index contributed by atoms with van der Waals surface area (Å²) in [5, 5.41) is 9.31. The largest absolute Gasteiger partial charge is 0.480 e. The maximum Gasteiger partial charge on any atom is 0.323 e. The van der Waals surface area contributed by atoms with Crippen molar-refractivity contribution in [1.29, 1.82) is 0 Å². The molecule has 1 unspecified atom stereocenters. The third-order valence-electron chi connectivity index (χ3n) is 4.81. The summed E-state index contributed by atoms with van der Waals surface area (Å²) in [6.45, 7) is 5.85. The summed E-state index contributed by atoms with van der Waals surface area (Å²) in [7, 11) is 0. The minimum Gasteiger partial charge on any atom is -0.480 e. The molecular weight excluding hydrogens is 202 g/mol. The van der Waals surface area contributed by atoms with Gasteiger partial charge in [-0.2, -0.15) is 0 Å². The van der Waals surface area contributed by atoms with Gasteiger partial charge in [0.05, 0.1) is 0 Å². The highest BCUT2D eigenvalue weighted by Crippen LogP contribution is 2.46. The normalized spacial score (nSPS) is 28.4. The standard InChI is InChI=1S/C13H23NO2/c1-3-12(2,11(15)16)14-9-13(10-14)7-5-4-6-8-13/h3-10H2,1-2H3,(H,15,16). The number of hydrogen-bond acceptors (Lipinski definition) is 2. The van der Waals surface area contributed by atoms with Crippen LogP contribution in [-0.2, 0) is 4.79 Å². The van der Waals surface area contributed by atoms with Crippen molar-refractivity contribution in [1.82, 2.24) is 4.90 Å². The summed E-state index contributed by atoms with van der Waals surface area (Å²) in [6, 6.07) is 0. The minimum atomic E-state index is -0.666. The minimum absolute atomic E-state index is 0.476. The zero-order valence-corrected chi connectivity index (χ0v) is 10.5. The smallest absolute Gasteiger partial charge is 0.323 e. The first-order valence-electron chi connectivity index (χ1n) is 6.51. The van der Waals surface area contributed by atoms with E-state index >= 15 is 0 Å². The van der Waals surface area contributed by atoms with Crippen molar-refractivity contribution in [3.8, 4) is 0 Å². The lowest BCUT2D eigenvalue weighted by molar-refractivity contribution is -0.164. The van der Waals surface area contributed by atoms with E-state index in [9.17, 15) is 9.90 Å². The molecule has 0 aromatic heterocycles. The lowest BCUT2D eigenvalue weighted by atomic mass is 9.67. The molecule has 2 rings (SSSR count). The zero-order chi connectivity index (χ0) is 11.8. The van der Waals surface area contributed by atoms with Gasteiger partial charge in [-0.25, -0.2) is 0 Å². The van der Waals surface area contributed by atoms with Crippen LogP contribution in [0.15, 0.2) is 0 Å². The van der Waals surface area contributed by atoms with Gasteiger partial charge in [0, 0.05) is 13.1 Å². The Morgan fingerprint density at radius 1 is 1.31 bits per heavy atom. The number of hydrogen-bond donors (Lipinski definition) is 1. The average Bonchev–Trinajstić information content (AvgIpc) is 2.25. The van der Waals surface area contributed by atoms with Crippen LogP contribution in [0.3, 0.4) is 0 Å². The van der Waals surface area contributed by atoms with Crippen LogP contribution in [0.2, 0.25) is 0 Å². The van der Waals surface area contributed by atoms with Crippen molar-refractivity contribution in [3.05, 3.63) is 0 Å². The molecule has 0 radical (unpaired) electrons. The van der Waals surface area contributed by atoms with Crippen molar-refractivity contribution in [2.75, 3.05) is 13.1 Å². The van der Waals surface area contributed by atoms with Crippen molar-refractivity contribution >= 4 is 5.97 Å². The first-order chi connectivity index (χ1) is 7.52. The second kappa shape index (κ2) is 4.02. The van der Waals surface area contributed by atoms with Crippen molar-refractivity contribution in [3.63, 3.8) is 0 Å². The van der Waals surface area contributed by atoms with Gasteiger partial charge in [-0.1, -0.05) is 26.2 Å². The Morgan fingerprint density at radius 2 is 1.88 bits per heavy atom. The highest BCUT2D eigenvalue weighted by atomic mass is 16.4. The third kappa shape index (κ3) is 1.75. The third-order valence-corrected chi connectivity index (χ3v) is 4.81. The van der Waals surface area contributed by atoms with E-state index in [-0.39, 0.29) is 0 Å². The second-order valence-corrected chi connectivity index (χ2v) is 5.85. The fourth-order valence-corrected chi connectivity index (χ4v) is 3.24. The van der Waals surface area contributed by atoms with E-state index in [1.54, 1.807) is 0 Å². The van der Waals surface area contributed by atoms with Crippen LogP contribution in [0.1, 0.15) is 52.4 Å². The summed E-state index contributed by atoms with van der Waals surface area (Å²) >= 11 is 0. The van der Waals surface area contributed by atoms with Gasteiger partial charge in [0.1, 0.15) is 5.54 Å². The van der Waals surface area contributed by atoms with Gasteiger partial charge in [0.25, 0.3) is 0 Å². The quantitative estimate of drug-likeness (QED) is 0.802. The number of likely N-dealkylation sites (tertiary alicyclic amines) is 1. The van der Waals surface area contributed by atoms with Gasteiger partial charge in [-0.05, 0) is 31.6 Å². The SMILES string of the molecule is CCC(C)(C(=O)O)N1CC2(CCCCC2)C1. The van der Waals surface area contributed by atoms with E-state index in [0.717, 1.165) is 13.1 Å². The van der Waals surface area contributed by atoms with Crippen molar-refractivity contribution in [2.45, 2.75) is 57.9 Å². The molecule has 1 spiro atoms. The molecule has 1 saturated heterocycles. The first kappa shape index (κ1) is 11.9. The van der Waals surface area contributed by atoms with E-state index in [4.69, 9.17) is 0 Å². The van der Waals surface area contributed by atoms with Gasteiger partial charge >= 0.3 is 5.97 Å². The summed E-state index contributed by atoms with van der Waals surface area (Å²) in [5.41, 5.74) is -0.160. The molecule has 3 nitrogen and oxygen atoms in total. The van der Waals surface area contributed by atoms with Crippen LogP contribution in [0.4, 0.5) is 0 Å². The number of carboxylic acid groups (broad SMARTS) is 1. The number of carbonyl (C=O) groups is 1. The molecule has 0 aromatic carbocycles.